The summed E-state index contributed by atoms with van der Waals surface area (Å²) in [6.45, 7) is 1.09. The number of hydrogen-bond acceptors (Lipinski definition) is 6. The standard InChI is InChI=1S/C22H20N4O2/c23-13-16-7-9-19(10-8-16)28-21-14-25-26-22(21)17-4-3-6-20(12-17)27-15-18-5-1-2-11-24-18/h1-12,21-22,25-26H,14-15H2. The van der Waals surface area contributed by atoms with E-state index in [0.717, 1.165) is 22.8 Å². The van der Waals surface area contributed by atoms with Gasteiger partial charge in [-0.1, -0.05) is 18.2 Å². The third-order valence-corrected chi connectivity index (χ3v) is 4.53. The van der Waals surface area contributed by atoms with Crippen LogP contribution >= 0.6 is 0 Å². The van der Waals surface area contributed by atoms with Crippen molar-refractivity contribution >= 4 is 0 Å². The molecule has 0 bridgehead atoms. The molecule has 28 heavy (non-hydrogen) atoms. The predicted molar refractivity (Wildman–Crippen MR) is 104 cm³/mol. The molecule has 0 amide bonds. The molecule has 2 atom stereocenters. The fourth-order valence-electron chi connectivity index (χ4n) is 3.11. The van der Waals surface area contributed by atoms with Crippen molar-refractivity contribution in [2.45, 2.75) is 18.8 Å². The smallest absolute Gasteiger partial charge is 0.133 e. The number of hydrogen-bond donors (Lipinski definition) is 2. The zero-order valence-electron chi connectivity index (χ0n) is 15.2. The molecule has 0 aliphatic carbocycles. The van der Waals surface area contributed by atoms with Gasteiger partial charge in [0.25, 0.3) is 0 Å². The quantitative estimate of drug-likeness (QED) is 0.692. The molecule has 0 saturated carbocycles. The van der Waals surface area contributed by atoms with Crippen molar-refractivity contribution in [3.8, 4) is 17.6 Å². The number of benzene rings is 2. The first-order valence-corrected chi connectivity index (χ1v) is 9.10. The summed E-state index contributed by atoms with van der Waals surface area (Å²) in [5.41, 5.74) is 9.01. The highest BCUT2D eigenvalue weighted by molar-refractivity contribution is 5.36. The molecular formula is C22H20N4O2. The van der Waals surface area contributed by atoms with Gasteiger partial charge in [0.2, 0.25) is 0 Å². The first-order valence-electron chi connectivity index (χ1n) is 9.10. The van der Waals surface area contributed by atoms with Crippen molar-refractivity contribution in [1.29, 1.82) is 5.26 Å². The minimum absolute atomic E-state index is 0.0194. The Labute approximate surface area is 163 Å². The molecular weight excluding hydrogens is 352 g/mol. The van der Waals surface area contributed by atoms with E-state index >= 15 is 0 Å². The lowest BCUT2D eigenvalue weighted by molar-refractivity contribution is 0.197. The third kappa shape index (κ3) is 4.29. The molecule has 2 heterocycles. The van der Waals surface area contributed by atoms with E-state index in [4.69, 9.17) is 14.7 Å². The molecule has 6 nitrogen and oxygen atoms in total. The van der Waals surface area contributed by atoms with Crippen LogP contribution in [0.1, 0.15) is 22.9 Å². The average molecular weight is 372 g/mol. The van der Waals surface area contributed by atoms with Gasteiger partial charge >= 0.3 is 0 Å². The number of rotatable bonds is 6. The Kier molecular flexibility index (Phi) is 5.48. The lowest BCUT2D eigenvalue weighted by atomic mass is 10.0. The van der Waals surface area contributed by atoms with E-state index in [-0.39, 0.29) is 12.1 Å². The average Bonchev–Trinajstić information content (AvgIpc) is 3.22. The van der Waals surface area contributed by atoms with E-state index in [9.17, 15) is 0 Å². The van der Waals surface area contributed by atoms with Gasteiger partial charge in [-0.2, -0.15) is 5.26 Å². The summed E-state index contributed by atoms with van der Waals surface area (Å²) < 4.78 is 12.0. The van der Waals surface area contributed by atoms with Crippen molar-refractivity contribution in [3.63, 3.8) is 0 Å². The number of pyridine rings is 1. The normalized spacial score (nSPS) is 18.4. The van der Waals surface area contributed by atoms with Gasteiger partial charge in [0.1, 0.15) is 24.2 Å². The second-order valence-corrected chi connectivity index (χ2v) is 6.48. The number of hydrazine groups is 1. The van der Waals surface area contributed by atoms with Crippen LogP contribution in [-0.2, 0) is 6.61 Å². The van der Waals surface area contributed by atoms with Crippen molar-refractivity contribution in [1.82, 2.24) is 15.8 Å². The molecule has 4 rings (SSSR count). The molecule has 0 spiro atoms. The van der Waals surface area contributed by atoms with E-state index in [2.05, 4.69) is 21.9 Å². The second-order valence-electron chi connectivity index (χ2n) is 6.48. The van der Waals surface area contributed by atoms with Crippen molar-refractivity contribution in [2.24, 2.45) is 0 Å². The van der Waals surface area contributed by atoms with Gasteiger partial charge in [-0.05, 0) is 54.1 Å². The minimum Gasteiger partial charge on any atom is -0.487 e. The minimum atomic E-state index is -0.0843. The number of nitrogens with zero attached hydrogens (tertiary/aromatic N) is 2. The number of aromatic nitrogens is 1. The SMILES string of the molecule is N#Cc1ccc(OC2CNNC2c2cccc(OCc3ccccn3)c2)cc1. The van der Waals surface area contributed by atoms with Gasteiger partial charge < -0.3 is 9.47 Å². The van der Waals surface area contributed by atoms with Crippen LogP contribution in [0, 0.1) is 11.3 Å². The van der Waals surface area contributed by atoms with Gasteiger partial charge in [0, 0.05) is 12.7 Å². The zero-order chi connectivity index (χ0) is 19.2. The van der Waals surface area contributed by atoms with Crippen LogP contribution in [0.2, 0.25) is 0 Å². The summed E-state index contributed by atoms with van der Waals surface area (Å²) >= 11 is 0. The molecule has 3 aromatic rings. The fraction of sp³-hybridized carbons (Fsp3) is 0.182. The lowest BCUT2D eigenvalue weighted by Crippen LogP contribution is -2.27. The van der Waals surface area contributed by atoms with Crippen LogP contribution in [-0.4, -0.2) is 17.6 Å². The molecule has 2 unspecified atom stereocenters. The van der Waals surface area contributed by atoms with Gasteiger partial charge in [-0.3, -0.25) is 10.4 Å². The zero-order valence-corrected chi connectivity index (χ0v) is 15.2. The fourth-order valence-corrected chi connectivity index (χ4v) is 3.11. The maximum Gasteiger partial charge on any atom is 0.133 e. The molecule has 1 saturated heterocycles. The lowest BCUT2D eigenvalue weighted by Gasteiger charge is -2.21. The Morgan fingerprint density at radius 2 is 1.93 bits per heavy atom. The maximum absolute atomic E-state index is 8.92. The number of nitrogens with one attached hydrogen (secondary N) is 2. The van der Waals surface area contributed by atoms with E-state index in [1.165, 1.54) is 0 Å². The molecule has 1 fully saturated rings. The Morgan fingerprint density at radius 3 is 2.71 bits per heavy atom. The highest BCUT2D eigenvalue weighted by Gasteiger charge is 2.30. The number of nitriles is 1. The molecule has 1 aliphatic heterocycles. The van der Waals surface area contributed by atoms with Gasteiger partial charge in [-0.15, -0.1) is 0 Å². The molecule has 0 radical (unpaired) electrons. The van der Waals surface area contributed by atoms with Crippen LogP contribution in [0.4, 0.5) is 0 Å². The highest BCUT2D eigenvalue weighted by Crippen LogP contribution is 2.27. The summed E-state index contributed by atoms with van der Waals surface area (Å²) in [6, 6.07) is 23.0. The van der Waals surface area contributed by atoms with Gasteiger partial charge in [0.15, 0.2) is 0 Å². The van der Waals surface area contributed by atoms with Crippen molar-refractivity contribution in [3.05, 3.63) is 89.7 Å². The first-order chi connectivity index (χ1) is 13.8. The van der Waals surface area contributed by atoms with Gasteiger partial charge in [-0.25, -0.2) is 5.43 Å². The molecule has 6 heteroatoms. The molecule has 1 aliphatic rings. The van der Waals surface area contributed by atoms with Crippen LogP contribution in [0.15, 0.2) is 72.9 Å². The van der Waals surface area contributed by atoms with E-state index in [0.29, 0.717) is 18.7 Å². The molecule has 1 aromatic heterocycles. The third-order valence-electron chi connectivity index (χ3n) is 4.53. The monoisotopic (exact) mass is 372 g/mol. The predicted octanol–water partition coefficient (Wildman–Crippen LogP) is 3.13. The Balaban J connectivity index is 1.44. The summed E-state index contributed by atoms with van der Waals surface area (Å²) in [4.78, 5) is 4.28. The van der Waals surface area contributed by atoms with Crippen molar-refractivity contribution < 1.29 is 9.47 Å². The molecule has 2 aromatic carbocycles. The largest absolute Gasteiger partial charge is 0.487 e. The van der Waals surface area contributed by atoms with Crippen LogP contribution in [0.5, 0.6) is 11.5 Å². The van der Waals surface area contributed by atoms with E-state index in [1.807, 2.05) is 54.6 Å². The van der Waals surface area contributed by atoms with Crippen LogP contribution in [0.25, 0.3) is 0 Å². The van der Waals surface area contributed by atoms with E-state index in [1.54, 1.807) is 18.3 Å². The van der Waals surface area contributed by atoms with E-state index < -0.39 is 0 Å². The number of ether oxygens (including phenoxy) is 2. The molecule has 140 valence electrons. The maximum atomic E-state index is 8.92. The Bertz CT molecular complexity index is 954. The highest BCUT2D eigenvalue weighted by atomic mass is 16.5. The topological polar surface area (TPSA) is 79.2 Å². The second kappa shape index (κ2) is 8.53. The Morgan fingerprint density at radius 1 is 1.04 bits per heavy atom. The summed E-state index contributed by atoms with van der Waals surface area (Å²) in [5.74, 6) is 1.52. The summed E-state index contributed by atoms with van der Waals surface area (Å²) in [5, 5.41) is 8.92. The van der Waals surface area contributed by atoms with Crippen molar-refractivity contribution in [2.75, 3.05) is 6.54 Å². The molecule has 2 N–H and O–H groups in total. The Hall–Kier alpha value is -3.40. The summed E-state index contributed by atoms with van der Waals surface area (Å²) in [6.07, 6.45) is 1.67. The van der Waals surface area contributed by atoms with Crippen LogP contribution in [0.3, 0.4) is 0 Å². The van der Waals surface area contributed by atoms with Crippen LogP contribution < -0.4 is 20.3 Å². The summed E-state index contributed by atoms with van der Waals surface area (Å²) in [7, 11) is 0. The van der Waals surface area contributed by atoms with Gasteiger partial charge in [0.05, 0.1) is 23.4 Å². The first kappa shape index (κ1) is 18.0.